The second-order valence-electron chi connectivity index (χ2n) is 1.36. The average molecular weight is 144 g/mol. The van der Waals surface area contributed by atoms with Crippen LogP contribution in [0.2, 0.25) is 0 Å². The molecule has 0 atom stereocenters. The second kappa shape index (κ2) is 4.51. The molecular weight excluding hydrogens is 136 g/mol. The maximum absolute atomic E-state index is 10.4. The zero-order chi connectivity index (χ0) is 7.98. The quantitative estimate of drug-likeness (QED) is 0.381. The molecule has 0 aliphatic heterocycles. The van der Waals surface area contributed by atoms with E-state index < -0.39 is 11.9 Å². The maximum Gasteiger partial charge on any atom is 0.349 e. The summed E-state index contributed by atoms with van der Waals surface area (Å²) in [6, 6.07) is 0. The largest absolute Gasteiger partial charge is 0.367 e. The smallest absolute Gasteiger partial charge is 0.349 e. The number of carbonyl (C=O) groups excluding carboxylic acids is 2. The van der Waals surface area contributed by atoms with Gasteiger partial charge in [0, 0.05) is 19.2 Å². The molecule has 0 saturated heterocycles. The summed E-state index contributed by atoms with van der Waals surface area (Å²) in [5, 5.41) is 0. The van der Waals surface area contributed by atoms with Crippen molar-refractivity contribution < 1.29 is 14.4 Å². The molecule has 10 heavy (non-hydrogen) atoms. The summed E-state index contributed by atoms with van der Waals surface area (Å²) in [4.78, 5) is 24.6. The highest BCUT2D eigenvalue weighted by atomic mass is 16.7. The highest BCUT2D eigenvalue weighted by Crippen LogP contribution is 1.75. The van der Waals surface area contributed by atoms with Gasteiger partial charge in [-0.25, -0.2) is 4.79 Å². The van der Waals surface area contributed by atoms with Gasteiger partial charge < -0.3 is 10.6 Å². The maximum atomic E-state index is 10.4. The van der Waals surface area contributed by atoms with Crippen LogP contribution in [0.1, 0.15) is 0 Å². The van der Waals surface area contributed by atoms with E-state index in [1.165, 1.54) is 7.05 Å². The monoisotopic (exact) mass is 144 g/mol. The van der Waals surface area contributed by atoms with Crippen LogP contribution in [0.4, 0.5) is 0 Å². The number of carbonyl (C=O) groups is 2. The Morgan fingerprint density at radius 1 is 1.50 bits per heavy atom. The van der Waals surface area contributed by atoms with E-state index >= 15 is 0 Å². The van der Waals surface area contributed by atoms with Crippen LogP contribution in [0.5, 0.6) is 0 Å². The number of nitrogens with two attached hydrogens (primary N) is 1. The molecule has 0 radical (unpaired) electrons. The molecule has 5 nitrogen and oxygen atoms in total. The summed E-state index contributed by atoms with van der Waals surface area (Å²) in [6.07, 6.45) is 1.85. The van der Waals surface area contributed by atoms with Crippen molar-refractivity contribution >= 4 is 11.9 Å². The van der Waals surface area contributed by atoms with E-state index in [9.17, 15) is 9.59 Å². The van der Waals surface area contributed by atoms with Gasteiger partial charge in [-0.05, 0) is 0 Å². The van der Waals surface area contributed by atoms with E-state index in [1.807, 2.05) is 0 Å². The summed E-state index contributed by atoms with van der Waals surface area (Å²) < 4.78 is 0. The molecule has 0 saturated carbocycles. The number of primary amides is 1. The van der Waals surface area contributed by atoms with Crippen LogP contribution in [0.15, 0.2) is 12.2 Å². The minimum atomic E-state index is -0.687. The summed E-state index contributed by atoms with van der Waals surface area (Å²) >= 11 is 0. The van der Waals surface area contributed by atoms with Crippen LogP contribution in [0, 0.1) is 0 Å². The molecule has 0 aromatic carbocycles. The van der Waals surface area contributed by atoms with Crippen LogP contribution >= 0.6 is 0 Å². The van der Waals surface area contributed by atoms with Gasteiger partial charge in [0.25, 0.3) is 0 Å². The van der Waals surface area contributed by atoms with Crippen LogP contribution in [0.3, 0.4) is 0 Å². The molecule has 56 valence electrons. The van der Waals surface area contributed by atoms with Gasteiger partial charge in [0.1, 0.15) is 0 Å². The Bertz CT molecular complexity index is 164. The summed E-state index contributed by atoms with van der Waals surface area (Å²) in [5.41, 5.74) is 6.82. The lowest BCUT2D eigenvalue weighted by atomic mass is 10.5. The number of hydrogen-bond acceptors (Lipinski definition) is 4. The molecular formula is C5H8N2O3. The highest BCUT2D eigenvalue weighted by molar-refractivity contribution is 5.93. The SMILES string of the molecule is CNOC(=O)/C=C\C(N)=O. The standard InChI is InChI=1S/C5H8N2O3/c1-7-10-5(9)3-2-4(6)8/h2-3,7H,1H3,(H2,6,8)/b3-2-. The van der Waals surface area contributed by atoms with Gasteiger partial charge in [-0.3, -0.25) is 4.79 Å². The van der Waals surface area contributed by atoms with E-state index in [1.54, 1.807) is 0 Å². The molecule has 3 N–H and O–H groups in total. The Morgan fingerprint density at radius 2 is 2.10 bits per heavy atom. The van der Waals surface area contributed by atoms with E-state index in [4.69, 9.17) is 0 Å². The lowest BCUT2D eigenvalue weighted by Crippen LogP contribution is -2.14. The molecule has 0 aliphatic carbocycles. The summed E-state index contributed by atoms with van der Waals surface area (Å²) in [7, 11) is 1.43. The molecule has 0 unspecified atom stereocenters. The van der Waals surface area contributed by atoms with Crippen LogP contribution in [-0.4, -0.2) is 18.9 Å². The van der Waals surface area contributed by atoms with Crippen molar-refractivity contribution in [1.82, 2.24) is 5.48 Å². The number of hydrogen-bond donors (Lipinski definition) is 2. The van der Waals surface area contributed by atoms with Crippen LogP contribution in [-0.2, 0) is 14.4 Å². The van der Waals surface area contributed by atoms with Crippen molar-refractivity contribution in [2.24, 2.45) is 5.73 Å². The number of hydroxylamine groups is 1. The fourth-order valence-electron chi connectivity index (χ4n) is 0.285. The van der Waals surface area contributed by atoms with Gasteiger partial charge in [0.15, 0.2) is 0 Å². The van der Waals surface area contributed by atoms with Gasteiger partial charge in [-0.1, -0.05) is 0 Å². The summed E-state index contributed by atoms with van der Waals surface area (Å²) in [6.45, 7) is 0. The molecule has 0 bridgehead atoms. The molecule has 5 heteroatoms. The summed E-state index contributed by atoms with van der Waals surface area (Å²) in [5.74, 6) is -1.35. The molecule has 0 spiro atoms. The number of nitrogens with one attached hydrogen (secondary N) is 1. The lowest BCUT2D eigenvalue weighted by Gasteiger charge is -1.92. The molecule has 0 aromatic heterocycles. The van der Waals surface area contributed by atoms with Gasteiger partial charge >= 0.3 is 5.97 Å². The van der Waals surface area contributed by atoms with Gasteiger partial charge in [-0.2, -0.15) is 5.48 Å². The van der Waals surface area contributed by atoms with Gasteiger partial charge in [0.05, 0.1) is 0 Å². The third kappa shape index (κ3) is 4.79. The Labute approximate surface area is 57.8 Å². The first-order valence-electron chi connectivity index (χ1n) is 2.52. The Morgan fingerprint density at radius 3 is 2.50 bits per heavy atom. The Balaban J connectivity index is 3.67. The highest BCUT2D eigenvalue weighted by Gasteiger charge is 1.93. The van der Waals surface area contributed by atoms with Gasteiger partial charge in [0.2, 0.25) is 5.91 Å². The topological polar surface area (TPSA) is 81.4 Å². The molecule has 0 heterocycles. The van der Waals surface area contributed by atoms with Crippen LogP contribution < -0.4 is 11.2 Å². The van der Waals surface area contributed by atoms with Crippen molar-refractivity contribution in [2.75, 3.05) is 7.05 Å². The normalized spacial score (nSPS) is 9.70. The third-order valence-electron chi connectivity index (χ3n) is 0.586. The Hall–Kier alpha value is -1.36. The predicted molar refractivity (Wildman–Crippen MR) is 33.5 cm³/mol. The van der Waals surface area contributed by atoms with E-state index in [-0.39, 0.29) is 0 Å². The van der Waals surface area contributed by atoms with Gasteiger partial charge in [-0.15, -0.1) is 0 Å². The fraction of sp³-hybridized carbons (Fsp3) is 0.200. The Kier molecular flexibility index (Phi) is 3.90. The molecule has 0 aliphatic rings. The first-order valence-corrected chi connectivity index (χ1v) is 2.52. The van der Waals surface area contributed by atoms with Crippen molar-refractivity contribution in [3.63, 3.8) is 0 Å². The zero-order valence-corrected chi connectivity index (χ0v) is 5.46. The molecule has 0 fully saturated rings. The first kappa shape index (κ1) is 8.64. The third-order valence-corrected chi connectivity index (χ3v) is 0.586. The first-order chi connectivity index (χ1) is 4.66. The second-order valence-corrected chi connectivity index (χ2v) is 1.36. The van der Waals surface area contributed by atoms with Crippen LogP contribution in [0.25, 0.3) is 0 Å². The fourth-order valence-corrected chi connectivity index (χ4v) is 0.285. The van der Waals surface area contributed by atoms with Crippen molar-refractivity contribution in [3.8, 4) is 0 Å². The number of amides is 1. The molecule has 1 amide bonds. The number of rotatable bonds is 3. The average Bonchev–Trinajstić information content (AvgIpc) is 1.85. The van der Waals surface area contributed by atoms with Crippen molar-refractivity contribution in [1.29, 1.82) is 0 Å². The zero-order valence-electron chi connectivity index (χ0n) is 5.46. The van der Waals surface area contributed by atoms with Crippen molar-refractivity contribution in [2.45, 2.75) is 0 Å². The van der Waals surface area contributed by atoms with E-state index in [2.05, 4.69) is 16.1 Å². The van der Waals surface area contributed by atoms with Crippen molar-refractivity contribution in [3.05, 3.63) is 12.2 Å². The minimum Gasteiger partial charge on any atom is -0.367 e. The van der Waals surface area contributed by atoms with E-state index in [0.29, 0.717) is 0 Å². The lowest BCUT2D eigenvalue weighted by molar-refractivity contribution is -0.143. The molecule has 0 rings (SSSR count). The minimum absolute atomic E-state index is 0.665. The predicted octanol–water partition coefficient (Wildman–Crippen LogP) is -1.29. The molecule has 0 aromatic rings. The van der Waals surface area contributed by atoms with E-state index in [0.717, 1.165) is 12.2 Å².